The van der Waals surface area contributed by atoms with Gasteiger partial charge in [0.1, 0.15) is 16.8 Å². The van der Waals surface area contributed by atoms with Crippen molar-refractivity contribution in [3.05, 3.63) is 51.9 Å². The Labute approximate surface area is 132 Å². The molecule has 0 aliphatic heterocycles. The molecule has 0 radical (unpaired) electrons. The molecule has 21 heavy (non-hydrogen) atoms. The molecular weight excluding hydrogens is 282 g/mol. The van der Waals surface area contributed by atoms with Crippen LogP contribution in [0.4, 0.5) is 5.82 Å². The molecule has 2 aromatic rings. The average Bonchev–Trinajstić information content (AvgIpc) is 2.43. The molecule has 0 spiro atoms. The number of aryl methyl sites for hydroxylation is 2. The van der Waals surface area contributed by atoms with Gasteiger partial charge in [0, 0.05) is 25.6 Å². The van der Waals surface area contributed by atoms with E-state index in [0.717, 1.165) is 36.6 Å². The first kappa shape index (κ1) is 15.8. The molecule has 3 nitrogen and oxygen atoms in total. The van der Waals surface area contributed by atoms with Gasteiger partial charge in [-0.1, -0.05) is 48.4 Å². The Hall–Kier alpha value is -1.61. The Morgan fingerprint density at radius 3 is 2.62 bits per heavy atom. The summed E-state index contributed by atoms with van der Waals surface area (Å²) in [7, 11) is 2.05. The predicted molar refractivity (Wildman–Crippen MR) is 89.1 cm³/mol. The van der Waals surface area contributed by atoms with Crippen LogP contribution in [0.3, 0.4) is 0 Å². The third-order valence-corrected chi connectivity index (χ3v) is 3.81. The second kappa shape index (κ2) is 6.90. The zero-order valence-corrected chi connectivity index (χ0v) is 13.9. The summed E-state index contributed by atoms with van der Waals surface area (Å²) in [5.41, 5.74) is 3.47. The summed E-state index contributed by atoms with van der Waals surface area (Å²) in [6, 6.07) is 8.52. The van der Waals surface area contributed by atoms with E-state index in [1.165, 1.54) is 11.1 Å². The van der Waals surface area contributed by atoms with Crippen molar-refractivity contribution in [3.63, 3.8) is 0 Å². The number of rotatable bonds is 5. The highest BCUT2D eigenvalue weighted by atomic mass is 35.5. The highest BCUT2D eigenvalue weighted by Crippen LogP contribution is 2.24. The molecule has 0 saturated carbocycles. The van der Waals surface area contributed by atoms with Crippen LogP contribution in [0.15, 0.2) is 24.3 Å². The zero-order chi connectivity index (χ0) is 15.4. The summed E-state index contributed by atoms with van der Waals surface area (Å²) >= 11 is 6.25. The Kier molecular flexibility index (Phi) is 5.18. The third-order valence-electron chi connectivity index (χ3n) is 3.44. The van der Waals surface area contributed by atoms with Gasteiger partial charge in [0.05, 0.1) is 0 Å². The highest BCUT2D eigenvalue weighted by Gasteiger charge is 2.13. The summed E-state index contributed by atoms with van der Waals surface area (Å²) in [6.07, 6.45) is 1.87. The van der Waals surface area contributed by atoms with Gasteiger partial charge < -0.3 is 4.90 Å². The quantitative estimate of drug-likeness (QED) is 0.770. The lowest BCUT2D eigenvalue weighted by molar-refractivity contribution is 0.806. The molecule has 4 heteroatoms. The maximum atomic E-state index is 6.25. The van der Waals surface area contributed by atoms with Gasteiger partial charge in [-0.2, -0.15) is 0 Å². The monoisotopic (exact) mass is 303 g/mol. The van der Waals surface area contributed by atoms with Crippen LogP contribution in [-0.2, 0) is 13.0 Å². The Morgan fingerprint density at radius 2 is 1.95 bits per heavy atom. The van der Waals surface area contributed by atoms with Crippen LogP contribution in [0.1, 0.15) is 35.9 Å². The van der Waals surface area contributed by atoms with E-state index in [0.29, 0.717) is 5.15 Å². The summed E-state index contributed by atoms with van der Waals surface area (Å²) in [4.78, 5) is 11.2. The minimum Gasteiger partial charge on any atom is -0.355 e. The molecule has 1 aromatic carbocycles. The fraction of sp³-hybridized carbons (Fsp3) is 0.412. The van der Waals surface area contributed by atoms with Crippen molar-refractivity contribution in [2.24, 2.45) is 0 Å². The van der Waals surface area contributed by atoms with E-state index >= 15 is 0 Å². The number of anilines is 1. The van der Waals surface area contributed by atoms with E-state index < -0.39 is 0 Å². The van der Waals surface area contributed by atoms with Crippen LogP contribution in [0.5, 0.6) is 0 Å². The van der Waals surface area contributed by atoms with Crippen LogP contribution >= 0.6 is 11.6 Å². The largest absolute Gasteiger partial charge is 0.355 e. The topological polar surface area (TPSA) is 29.0 Å². The fourth-order valence-electron chi connectivity index (χ4n) is 2.39. The van der Waals surface area contributed by atoms with Crippen LogP contribution in [-0.4, -0.2) is 17.0 Å². The summed E-state index contributed by atoms with van der Waals surface area (Å²) < 4.78 is 0. The normalized spacial score (nSPS) is 10.7. The average molecular weight is 304 g/mol. The van der Waals surface area contributed by atoms with Gasteiger partial charge >= 0.3 is 0 Å². The van der Waals surface area contributed by atoms with Crippen molar-refractivity contribution in [2.75, 3.05) is 11.9 Å². The third kappa shape index (κ3) is 3.94. The molecule has 0 unspecified atom stereocenters. The van der Waals surface area contributed by atoms with E-state index in [2.05, 4.69) is 53.0 Å². The molecule has 0 amide bonds. The number of halogens is 1. The number of benzene rings is 1. The molecule has 0 fully saturated rings. The predicted octanol–water partition coefficient (Wildman–Crippen LogP) is 4.34. The van der Waals surface area contributed by atoms with Gasteiger partial charge in [0.15, 0.2) is 0 Å². The SMILES string of the molecule is CCCc1nc(Cl)c(C)c(N(C)Cc2cccc(C)c2)n1. The van der Waals surface area contributed by atoms with Gasteiger partial charge in [-0.05, 0) is 25.8 Å². The van der Waals surface area contributed by atoms with Crippen molar-refractivity contribution in [1.29, 1.82) is 0 Å². The zero-order valence-electron chi connectivity index (χ0n) is 13.2. The number of nitrogens with zero attached hydrogens (tertiary/aromatic N) is 3. The highest BCUT2D eigenvalue weighted by molar-refractivity contribution is 6.30. The Morgan fingerprint density at radius 1 is 1.19 bits per heavy atom. The van der Waals surface area contributed by atoms with Crippen LogP contribution < -0.4 is 4.90 Å². The Bertz CT molecular complexity index is 625. The van der Waals surface area contributed by atoms with Crippen molar-refractivity contribution in [3.8, 4) is 0 Å². The maximum Gasteiger partial charge on any atom is 0.137 e. The molecule has 0 aliphatic rings. The lowest BCUT2D eigenvalue weighted by Gasteiger charge is -2.21. The molecule has 1 heterocycles. The summed E-state index contributed by atoms with van der Waals surface area (Å²) in [6.45, 7) is 7.00. The van der Waals surface area contributed by atoms with E-state index in [-0.39, 0.29) is 0 Å². The molecule has 112 valence electrons. The summed E-state index contributed by atoms with van der Waals surface area (Å²) in [5, 5.41) is 0.555. The van der Waals surface area contributed by atoms with Gasteiger partial charge in [0.2, 0.25) is 0 Å². The minimum atomic E-state index is 0.555. The van der Waals surface area contributed by atoms with E-state index in [4.69, 9.17) is 11.6 Å². The van der Waals surface area contributed by atoms with Crippen LogP contribution in [0.2, 0.25) is 5.15 Å². The number of aromatic nitrogens is 2. The second-order valence-corrected chi connectivity index (χ2v) is 5.83. The van der Waals surface area contributed by atoms with E-state index in [1.54, 1.807) is 0 Å². The van der Waals surface area contributed by atoms with Crippen molar-refractivity contribution in [1.82, 2.24) is 9.97 Å². The molecule has 0 aliphatic carbocycles. The summed E-state index contributed by atoms with van der Waals surface area (Å²) in [5.74, 6) is 1.74. The first-order chi connectivity index (χ1) is 10.0. The number of hydrogen-bond donors (Lipinski definition) is 0. The molecular formula is C17H22ClN3. The van der Waals surface area contributed by atoms with Gasteiger partial charge in [0.25, 0.3) is 0 Å². The lowest BCUT2D eigenvalue weighted by Crippen LogP contribution is -2.20. The minimum absolute atomic E-state index is 0.555. The van der Waals surface area contributed by atoms with Gasteiger partial charge in [-0.15, -0.1) is 0 Å². The van der Waals surface area contributed by atoms with Crippen molar-refractivity contribution in [2.45, 2.75) is 40.2 Å². The van der Waals surface area contributed by atoms with E-state index in [9.17, 15) is 0 Å². The lowest BCUT2D eigenvalue weighted by atomic mass is 10.1. The molecule has 1 aromatic heterocycles. The molecule has 2 rings (SSSR count). The first-order valence-corrected chi connectivity index (χ1v) is 7.68. The molecule has 0 saturated heterocycles. The first-order valence-electron chi connectivity index (χ1n) is 7.31. The van der Waals surface area contributed by atoms with Crippen molar-refractivity contribution >= 4 is 17.4 Å². The molecule has 0 bridgehead atoms. The molecule has 0 N–H and O–H groups in total. The maximum absolute atomic E-state index is 6.25. The standard InChI is InChI=1S/C17H22ClN3/c1-5-7-15-19-16(18)13(3)17(20-15)21(4)11-14-9-6-8-12(2)10-14/h6,8-10H,5,7,11H2,1-4H3. The van der Waals surface area contributed by atoms with E-state index in [1.807, 2.05) is 14.0 Å². The van der Waals surface area contributed by atoms with Crippen molar-refractivity contribution < 1.29 is 0 Å². The van der Waals surface area contributed by atoms with Crippen LogP contribution in [0.25, 0.3) is 0 Å². The van der Waals surface area contributed by atoms with Crippen LogP contribution in [0, 0.1) is 13.8 Å². The second-order valence-electron chi connectivity index (χ2n) is 5.47. The van der Waals surface area contributed by atoms with Gasteiger partial charge in [-0.3, -0.25) is 0 Å². The van der Waals surface area contributed by atoms with Gasteiger partial charge in [-0.25, -0.2) is 9.97 Å². The fourth-order valence-corrected chi connectivity index (χ4v) is 2.57. The smallest absolute Gasteiger partial charge is 0.137 e. The Balaban J connectivity index is 2.27. The number of hydrogen-bond acceptors (Lipinski definition) is 3. The molecule has 0 atom stereocenters.